The van der Waals surface area contributed by atoms with Crippen LogP contribution < -0.4 is 5.32 Å². The van der Waals surface area contributed by atoms with E-state index >= 15 is 0 Å². The molecule has 2 rings (SSSR count). The van der Waals surface area contributed by atoms with Crippen molar-refractivity contribution in [1.29, 1.82) is 0 Å². The van der Waals surface area contributed by atoms with Crippen molar-refractivity contribution in [2.75, 3.05) is 12.4 Å². The van der Waals surface area contributed by atoms with E-state index in [4.69, 9.17) is 11.6 Å². The molecule has 112 valence electrons. The zero-order valence-electron chi connectivity index (χ0n) is 12.9. The highest BCUT2D eigenvalue weighted by Crippen LogP contribution is 2.33. The lowest BCUT2D eigenvalue weighted by atomic mass is 9.94. The number of hydrogen-bond acceptors (Lipinski definition) is 3. The van der Waals surface area contributed by atoms with E-state index < -0.39 is 0 Å². The zero-order valence-corrected chi connectivity index (χ0v) is 13.6. The lowest BCUT2D eigenvalue weighted by Gasteiger charge is -2.20. The van der Waals surface area contributed by atoms with Crippen molar-refractivity contribution in [1.82, 2.24) is 9.97 Å². The highest BCUT2D eigenvalue weighted by molar-refractivity contribution is 6.33. The number of nitrogens with zero attached hydrogens (tertiary/aromatic N) is 2. The highest BCUT2D eigenvalue weighted by atomic mass is 35.5. The van der Waals surface area contributed by atoms with Crippen LogP contribution in [0.25, 0.3) is 11.3 Å². The van der Waals surface area contributed by atoms with E-state index in [1.54, 1.807) is 6.07 Å². The van der Waals surface area contributed by atoms with Crippen LogP contribution in [0.2, 0.25) is 5.02 Å². The van der Waals surface area contributed by atoms with Crippen molar-refractivity contribution < 1.29 is 4.39 Å². The quantitative estimate of drug-likeness (QED) is 0.882. The third kappa shape index (κ3) is 3.16. The maximum atomic E-state index is 13.2. The van der Waals surface area contributed by atoms with Gasteiger partial charge in [0, 0.05) is 23.6 Å². The predicted octanol–water partition coefficient (Wildman–Crippen LogP) is 4.58. The second kappa shape index (κ2) is 5.60. The smallest absolute Gasteiger partial charge is 0.136 e. The Morgan fingerprint density at radius 3 is 2.38 bits per heavy atom. The van der Waals surface area contributed by atoms with E-state index in [0.29, 0.717) is 16.4 Å². The molecule has 5 heteroatoms. The molecular weight excluding hydrogens is 289 g/mol. The molecule has 0 aliphatic rings. The summed E-state index contributed by atoms with van der Waals surface area (Å²) in [6.45, 7) is 8.07. The first kappa shape index (κ1) is 15.7. The number of halogens is 2. The van der Waals surface area contributed by atoms with E-state index in [1.165, 1.54) is 12.1 Å². The van der Waals surface area contributed by atoms with E-state index in [9.17, 15) is 4.39 Å². The highest BCUT2D eigenvalue weighted by Gasteiger charge is 2.22. The molecule has 0 aliphatic carbocycles. The molecule has 0 amide bonds. The maximum absolute atomic E-state index is 13.2. The van der Waals surface area contributed by atoms with Gasteiger partial charge >= 0.3 is 0 Å². The van der Waals surface area contributed by atoms with Gasteiger partial charge in [-0.05, 0) is 25.1 Å². The fraction of sp³-hybridized carbons (Fsp3) is 0.375. The number of aromatic nitrogens is 2. The van der Waals surface area contributed by atoms with Crippen LogP contribution in [0, 0.1) is 12.7 Å². The van der Waals surface area contributed by atoms with Gasteiger partial charge in [0.1, 0.15) is 17.5 Å². The molecule has 0 spiro atoms. The topological polar surface area (TPSA) is 37.8 Å². The first-order chi connectivity index (χ1) is 9.74. The van der Waals surface area contributed by atoms with Crippen LogP contribution >= 0.6 is 11.6 Å². The van der Waals surface area contributed by atoms with Crippen molar-refractivity contribution >= 4 is 17.4 Å². The minimum Gasteiger partial charge on any atom is -0.373 e. The molecule has 0 saturated carbocycles. The van der Waals surface area contributed by atoms with Crippen LogP contribution in [0.4, 0.5) is 10.2 Å². The fourth-order valence-electron chi connectivity index (χ4n) is 2.04. The van der Waals surface area contributed by atoms with Gasteiger partial charge < -0.3 is 5.32 Å². The average Bonchev–Trinajstić information content (AvgIpc) is 2.38. The molecule has 0 saturated heterocycles. The van der Waals surface area contributed by atoms with Crippen LogP contribution in [0.3, 0.4) is 0 Å². The third-order valence-corrected chi connectivity index (χ3v) is 3.55. The molecule has 0 atom stereocenters. The minimum absolute atomic E-state index is 0.194. The van der Waals surface area contributed by atoms with Gasteiger partial charge in [-0.1, -0.05) is 32.4 Å². The SMILES string of the molecule is CNc1nc(C(C)(C)C)nc(-c2ccc(F)cc2Cl)c1C. The number of nitrogens with one attached hydrogen (secondary N) is 1. The van der Waals surface area contributed by atoms with Crippen molar-refractivity contribution in [2.45, 2.75) is 33.1 Å². The van der Waals surface area contributed by atoms with Gasteiger partial charge in [0.2, 0.25) is 0 Å². The second-order valence-corrected chi connectivity index (χ2v) is 6.40. The summed E-state index contributed by atoms with van der Waals surface area (Å²) in [5.74, 6) is 1.11. The lowest BCUT2D eigenvalue weighted by Crippen LogP contribution is -2.18. The standard InChI is InChI=1S/C16H19ClFN3/c1-9-13(11-7-6-10(18)8-12(11)17)20-15(16(2,3)4)21-14(9)19-5/h6-8H,1-5H3,(H,19,20,21). The number of benzene rings is 1. The van der Waals surface area contributed by atoms with Crippen LogP contribution in [0.15, 0.2) is 18.2 Å². The molecule has 1 aromatic heterocycles. The van der Waals surface area contributed by atoms with E-state index in [2.05, 4.69) is 15.3 Å². The molecule has 3 nitrogen and oxygen atoms in total. The van der Waals surface area contributed by atoms with Gasteiger partial charge in [-0.25, -0.2) is 14.4 Å². The number of rotatable bonds is 2. The van der Waals surface area contributed by atoms with Gasteiger partial charge in [-0.3, -0.25) is 0 Å². The van der Waals surface area contributed by atoms with Gasteiger partial charge in [-0.2, -0.15) is 0 Å². The molecule has 0 aliphatic heterocycles. The second-order valence-electron chi connectivity index (χ2n) is 5.99. The summed E-state index contributed by atoms with van der Waals surface area (Å²) >= 11 is 6.18. The molecule has 0 unspecified atom stereocenters. The Balaban J connectivity index is 2.72. The number of hydrogen-bond donors (Lipinski definition) is 1. The van der Waals surface area contributed by atoms with E-state index in [0.717, 1.165) is 17.1 Å². The summed E-state index contributed by atoms with van der Waals surface area (Å²) < 4.78 is 13.2. The van der Waals surface area contributed by atoms with Crippen LogP contribution in [0.1, 0.15) is 32.2 Å². The molecule has 0 bridgehead atoms. The van der Waals surface area contributed by atoms with Crippen molar-refractivity contribution in [3.05, 3.63) is 40.4 Å². The summed E-state index contributed by atoms with van der Waals surface area (Å²) in [6.07, 6.45) is 0. The molecule has 0 fully saturated rings. The first-order valence-electron chi connectivity index (χ1n) is 6.76. The van der Waals surface area contributed by atoms with Crippen LogP contribution in [-0.2, 0) is 5.41 Å². The monoisotopic (exact) mass is 307 g/mol. The first-order valence-corrected chi connectivity index (χ1v) is 7.14. The lowest BCUT2D eigenvalue weighted by molar-refractivity contribution is 0.546. The Bertz CT molecular complexity index is 678. The van der Waals surface area contributed by atoms with Gasteiger partial charge in [-0.15, -0.1) is 0 Å². The Morgan fingerprint density at radius 1 is 1.19 bits per heavy atom. The van der Waals surface area contributed by atoms with Crippen LogP contribution in [-0.4, -0.2) is 17.0 Å². The average molecular weight is 308 g/mol. The number of anilines is 1. The Morgan fingerprint density at radius 2 is 1.86 bits per heavy atom. The molecular formula is C16H19ClFN3. The summed E-state index contributed by atoms with van der Waals surface area (Å²) in [4.78, 5) is 9.21. The van der Waals surface area contributed by atoms with Gasteiger partial charge in [0.05, 0.1) is 10.7 Å². The predicted molar refractivity (Wildman–Crippen MR) is 85.4 cm³/mol. The fourth-order valence-corrected chi connectivity index (χ4v) is 2.30. The normalized spacial score (nSPS) is 11.6. The van der Waals surface area contributed by atoms with Crippen molar-refractivity contribution in [3.8, 4) is 11.3 Å². The summed E-state index contributed by atoms with van der Waals surface area (Å²) in [5, 5.41) is 3.43. The summed E-state index contributed by atoms with van der Waals surface area (Å²) in [5.41, 5.74) is 2.13. The van der Waals surface area contributed by atoms with E-state index in [-0.39, 0.29) is 11.2 Å². The summed E-state index contributed by atoms with van der Waals surface area (Å²) in [7, 11) is 1.82. The minimum atomic E-state index is -0.361. The molecule has 1 N–H and O–H groups in total. The van der Waals surface area contributed by atoms with Crippen LogP contribution in [0.5, 0.6) is 0 Å². The summed E-state index contributed by atoms with van der Waals surface area (Å²) in [6, 6.07) is 4.34. The molecule has 1 heterocycles. The maximum Gasteiger partial charge on any atom is 0.136 e. The van der Waals surface area contributed by atoms with Crippen molar-refractivity contribution in [2.24, 2.45) is 0 Å². The Kier molecular flexibility index (Phi) is 4.19. The molecule has 0 radical (unpaired) electrons. The van der Waals surface area contributed by atoms with E-state index in [1.807, 2.05) is 34.7 Å². The third-order valence-electron chi connectivity index (χ3n) is 3.24. The molecule has 1 aromatic carbocycles. The Hall–Kier alpha value is -1.68. The Labute approximate surface area is 129 Å². The largest absolute Gasteiger partial charge is 0.373 e. The zero-order chi connectivity index (χ0) is 15.8. The molecule has 2 aromatic rings. The van der Waals surface area contributed by atoms with Gasteiger partial charge in [0.15, 0.2) is 0 Å². The molecule has 21 heavy (non-hydrogen) atoms. The van der Waals surface area contributed by atoms with Gasteiger partial charge in [0.25, 0.3) is 0 Å². The van der Waals surface area contributed by atoms with Crippen molar-refractivity contribution in [3.63, 3.8) is 0 Å².